The van der Waals surface area contributed by atoms with Gasteiger partial charge in [0.05, 0.1) is 6.10 Å². The first-order valence-corrected chi connectivity index (χ1v) is 11.7. The maximum atomic E-state index is 11.0. The van der Waals surface area contributed by atoms with Gasteiger partial charge in [0.2, 0.25) is 0 Å². The number of carbonyl (C=O) groups is 1. The zero-order valence-electron chi connectivity index (χ0n) is 17.6. The Bertz CT molecular complexity index is 560. The fourth-order valence-electron chi connectivity index (χ4n) is 8.62. The molecule has 0 bridgehead atoms. The Balaban J connectivity index is 1.50. The van der Waals surface area contributed by atoms with E-state index in [0.29, 0.717) is 17.8 Å². The molecule has 4 aliphatic rings. The Morgan fingerprint density at radius 3 is 2.59 bits per heavy atom. The molecule has 0 heterocycles. The Morgan fingerprint density at radius 1 is 1.11 bits per heavy atom. The van der Waals surface area contributed by atoms with Gasteiger partial charge in [0.25, 0.3) is 0 Å². The first-order valence-electron chi connectivity index (χ1n) is 11.7. The van der Waals surface area contributed by atoms with Gasteiger partial charge in [-0.3, -0.25) is 4.79 Å². The summed E-state index contributed by atoms with van der Waals surface area (Å²) < 4.78 is 0. The van der Waals surface area contributed by atoms with Crippen molar-refractivity contribution >= 4 is 5.97 Å². The number of aliphatic carboxylic acids is 1. The fourth-order valence-corrected chi connectivity index (χ4v) is 8.62. The lowest BCUT2D eigenvalue weighted by molar-refractivity contribution is -0.137. The van der Waals surface area contributed by atoms with E-state index >= 15 is 0 Å². The van der Waals surface area contributed by atoms with Crippen LogP contribution in [0.3, 0.4) is 0 Å². The Morgan fingerprint density at radius 2 is 1.85 bits per heavy atom. The molecule has 154 valence electrons. The van der Waals surface area contributed by atoms with Crippen molar-refractivity contribution in [3.8, 4) is 0 Å². The van der Waals surface area contributed by atoms with Crippen LogP contribution in [0.25, 0.3) is 0 Å². The van der Waals surface area contributed by atoms with Crippen LogP contribution in [0.1, 0.15) is 85.0 Å². The molecule has 0 aromatic carbocycles. The number of hydrogen-bond donors (Lipinski definition) is 2. The summed E-state index contributed by atoms with van der Waals surface area (Å²) in [5.74, 6) is 5.62. The zero-order chi connectivity index (χ0) is 19.3. The molecule has 3 heteroatoms. The standard InChI is InChI=1S/C24H40O3/c1-14(4-9-22(26)27)18-5-6-20-19(18)7-8-21-23(20)15(2)12-16-13-17(25)10-11-24(16,21)3/h14-21,23,25H,4-13H2,1-3H3,(H,26,27). The highest BCUT2D eigenvalue weighted by Crippen LogP contribution is 2.65. The summed E-state index contributed by atoms with van der Waals surface area (Å²) in [5, 5.41) is 19.3. The van der Waals surface area contributed by atoms with Crippen LogP contribution in [-0.4, -0.2) is 22.3 Å². The topological polar surface area (TPSA) is 57.5 Å². The van der Waals surface area contributed by atoms with Gasteiger partial charge in [-0.2, -0.15) is 0 Å². The van der Waals surface area contributed by atoms with Gasteiger partial charge in [-0.15, -0.1) is 0 Å². The third-order valence-corrected chi connectivity index (χ3v) is 9.91. The van der Waals surface area contributed by atoms with E-state index in [1.165, 1.54) is 38.5 Å². The Hall–Kier alpha value is -0.570. The lowest BCUT2D eigenvalue weighted by Gasteiger charge is -2.61. The molecule has 0 radical (unpaired) electrons. The molecule has 4 fully saturated rings. The van der Waals surface area contributed by atoms with Crippen molar-refractivity contribution in [2.24, 2.45) is 52.8 Å². The minimum atomic E-state index is -0.639. The summed E-state index contributed by atoms with van der Waals surface area (Å²) in [4.78, 5) is 11.0. The number of hydrogen-bond acceptors (Lipinski definition) is 2. The number of aliphatic hydroxyl groups excluding tert-OH is 1. The molecule has 0 aromatic rings. The van der Waals surface area contributed by atoms with Gasteiger partial charge in [0, 0.05) is 6.42 Å². The van der Waals surface area contributed by atoms with Gasteiger partial charge in [-0.05, 0) is 111 Å². The van der Waals surface area contributed by atoms with Crippen LogP contribution in [0.2, 0.25) is 0 Å². The van der Waals surface area contributed by atoms with E-state index in [0.717, 1.165) is 60.7 Å². The van der Waals surface area contributed by atoms with Gasteiger partial charge in [-0.1, -0.05) is 20.8 Å². The molecule has 0 aromatic heterocycles. The molecule has 3 nitrogen and oxygen atoms in total. The third-order valence-electron chi connectivity index (χ3n) is 9.91. The monoisotopic (exact) mass is 376 g/mol. The van der Waals surface area contributed by atoms with Crippen LogP contribution >= 0.6 is 0 Å². The molecule has 0 spiro atoms. The van der Waals surface area contributed by atoms with Crippen molar-refractivity contribution in [2.75, 3.05) is 0 Å². The van der Waals surface area contributed by atoms with Crippen molar-refractivity contribution in [1.29, 1.82) is 0 Å². The van der Waals surface area contributed by atoms with Crippen molar-refractivity contribution in [2.45, 2.75) is 91.1 Å². The van der Waals surface area contributed by atoms with Crippen LogP contribution < -0.4 is 0 Å². The van der Waals surface area contributed by atoms with Gasteiger partial charge in [0.1, 0.15) is 0 Å². The second-order valence-electron chi connectivity index (χ2n) is 11.1. The van der Waals surface area contributed by atoms with Crippen LogP contribution in [-0.2, 0) is 4.79 Å². The smallest absolute Gasteiger partial charge is 0.303 e. The van der Waals surface area contributed by atoms with E-state index < -0.39 is 5.97 Å². The minimum Gasteiger partial charge on any atom is -0.481 e. The SMILES string of the molecule is CC(CCC(=O)O)C1CCC2C1CCC1C2C(C)CC2CC(O)CCC21C. The van der Waals surface area contributed by atoms with E-state index in [2.05, 4.69) is 20.8 Å². The summed E-state index contributed by atoms with van der Waals surface area (Å²) in [5.41, 5.74) is 0.453. The molecular weight excluding hydrogens is 336 g/mol. The molecular formula is C24H40O3. The minimum absolute atomic E-state index is 0.0610. The van der Waals surface area contributed by atoms with Crippen LogP contribution in [0.15, 0.2) is 0 Å². The number of carboxylic acid groups (broad SMARTS) is 1. The lowest BCUT2D eigenvalue weighted by Crippen LogP contribution is -2.54. The molecule has 0 saturated heterocycles. The van der Waals surface area contributed by atoms with Gasteiger partial charge >= 0.3 is 5.97 Å². The third kappa shape index (κ3) is 3.36. The maximum Gasteiger partial charge on any atom is 0.303 e. The highest BCUT2D eigenvalue weighted by atomic mass is 16.4. The van der Waals surface area contributed by atoms with Crippen molar-refractivity contribution in [3.63, 3.8) is 0 Å². The molecule has 4 rings (SSSR count). The van der Waals surface area contributed by atoms with E-state index in [1.807, 2.05) is 0 Å². The predicted molar refractivity (Wildman–Crippen MR) is 107 cm³/mol. The fraction of sp³-hybridized carbons (Fsp3) is 0.958. The number of fused-ring (bicyclic) bond motifs is 5. The van der Waals surface area contributed by atoms with E-state index in [4.69, 9.17) is 5.11 Å². The molecule has 4 saturated carbocycles. The Kier molecular flexibility index (Phi) is 5.37. The van der Waals surface area contributed by atoms with Gasteiger partial charge in [0.15, 0.2) is 0 Å². The van der Waals surface area contributed by atoms with Crippen molar-refractivity contribution in [1.82, 2.24) is 0 Å². The Labute approximate surface area is 165 Å². The van der Waals surface area contributed by atoms with Crippen LogP contribution in [0.4, 0.5) is 0 Å². The average Bonchev–Trinajstić information content (AvgIpc) is 3.05. The summed E-state index contributed by atoms with van der Waals surface area (Å²) in [6, 6.07) is 0. The summed E-state index contributed by atoms with van der Waals surface area (Å²) in [7, 11) is 0. The van der Waals surface area contributed by atoms with E-state index in [9.17, 15) is 9.90 Å². The zero-order valence-corrected chi connectivity index (χ0v) is 17.6. The summed E-state index contributed by atoms with van der Waals surface area (Å²) in [6.45, 7) is 7.38. The highest BCUT2D eigenvalue weighted by Gasteiger charge is 2.58. The van der Waals surface area contributed by atoms with Crippen molar-refractivity contribution < 1.29 is 15.0 Å². The number of aliphatic hydroxyl groups is 1. The molecule has 0 aliphatic heterocycles. The van der Waals surface area contributed by atoms with Crippen LogP contribution in [0, 0.1) is 52.8 Å². The maximum absolute atomic E-state index is 11.0. The predicted octanol–water partition coefficient (Wildman–Crippen LogP) is 5.36. The second kappa shape index (κ2) is 7.35. The van der Waals surface area contributed by atoms with Crippen molar-refractivity contribution in [3.05, 3.63) is 0 Å². The highest BCUT2D eigenvalue weighted by molar-refractivity contribution is 5.66. The molecule has 2 N–H and O–H groups in total. The normalized spacial score (nSPS) is 50.4. The first kappa shape index (κ1) is 19.7. The van der Waals surface area contributed by atoms with Gasteiger partial charge < -0.3 is 10.2 Å². The quantitative estimate of drug-likeness (QED) is 0.694. The molecule has 10 atom stereocenters. The molecule has 27 heavy (non-hydrogen) atoms. The molecule has 0 amide bonds. The van der Waals surface area contributed by atoms with Gasteiger partial charge in [-0.25, -0.2) is 0 Å². The second-order valence-corrected chi connectivity index (χ2v) is 11.1. The van der Waals surface area contributed by atoms with Crippen LogP contribution in [0.5, 0.6) is 0 Å². The first-order chi connectivity index (χ1) is 12.8. The van der Waals surface area contributed by atoms with E-state index in [-0.39, 0.29) is 6.10 Å². The number of rotatable bonds is 4. The summed E-state index contributed by atoms with van der Waals surface area (Å²) >= 11 is 0. The van der Waals surface area contributed by atoms with E-state index in [1.54, 1.807) is 0 Å². The summed E-state index contributed by atoms with van der Waals surface area (Å²) in [6.07, 6.45) is 11.2. The average molecular weight is 377 g/mol. The molecule has 10 unspecified atom stereocenters. The number of carboxylic acids is 1. The lowest BCUT2D eigenvalue weighted by atomic mass is 9.44. The largest absolute Gasteiger partial charge is 0.481 e. The molecule has 4 aliphatic carbocycles.